The fourth-order valence-corrected chi connectivity index (χ4v) is 2.71. The van der Waals surface area contributed by atoms with Gasteiger partial charge in [0.1, 0.15) is 0 Å². The number of rotatable bonds is 4. The van der Waals surface area contributed by atoms with Crippen LogP contribution in [0.1, 0.15) is 37.2 Å². The molecule has 0 bridgehead atoms. The molecule has 2 aromatic rings. The summed E-state index contributed by atoms with van der Waals surface area (Å²) in [5.74, 6) is 0. The molecule has 98 valence electrons. The summed E-state index contributed by atoms with van der Waals surface area (Å²) in [5, 5.41) is 8.03. The van der Waals surface area contributed by atoms with E-state index >= 15 is 0 Å². The Morgan fingerprint density at radius 3 is 2.72 bits per heavy atom. The standard InChI is InChI=1S/C12H15BrClN3O/c1-7(2)17-11(9(13)6-16-17)10(15-3)8-4-5-18-12(8)14/h4-7,10,15H,1-3H3. The van der Waals surface area contributed by atoms with Crippen LogP contribution in [-0.2, 0) is 0 Å². The predicted octanol–water partition coefficient (Wildman–Crippen LogP) is 3.78. The van der Waals surface area contributed by atoms with Gasteiger partial charge in [-0.2, -0.15) is 5.10 Å². The quantitative estimate of drug-likeness (QED) is 0.926. The van der Waals surface area contributed by atoms with Crippen LogP contribution < -0.4 is 5.32 Å². The van der Waals surface area contributed by atoms with Gasteiger partial charge in [0.2, 0.25) is 0 Å². The van der Waals surface area contributed by atoms with Crippen LogP contribution in [0.4, 0.5) is 0 Å². The molecule has 0 aliphatic rings. The highest BCUT2D eigenvalue weighted by atomic mass is 79.9. The van der Waals surface area contributed by atoms with Gasteiger partial charge in [0.05, 0.1) is 28.7 Å². The topological polar surface area (TPSA) is 43.0 Å². The summed E-state index contributed by atoms with van der Waals surface area (Å²) < 4.78 is 8.08. The summed E-state index contributed by atoms with van der Waals surface area (Å²) in [6.07, 6.45) is 3.39. The van der Waals surface area contributed by atoms with Crippen LogP contribution in [0.3, 0.4) is 0 Å². The molecule has 6 heteroatoms. The third-order valence-corrected chi connectivity index (χ3v) is 3.71. The van der Waals surface area contributed by atoms with E-state index in [1.165, 1.54) is 0 Å². The Kier molecular flexibility index (Phi) is 4.14. The zero-order valence-electron chi connectivity index (χ0n) is 10.4. The maximum Gasteiger partial charge on any atom is 0.198 e. The second kappa shape index (κ2) is 5.47. The molecule has 1 atom stereocenters. The highest BCUT2D eigenvalue weighted by molar-refractivity contribution is 9.10. The number of halogens is 2. The second-order valence-corrected chi connectivity index (χ2v) is 5.49. The molecule has 0 amide bonds. The Labute approximate surface area is 119 Å². The Balaban J connectivity index is 2.52. The summed E-state index contributed by atoms with van der Waals surface area (Å²) in [4.78, 5) is 0. The molecule has 0 saturated carbocycles. The summed E-state index contributed by atoms with van der Waals surface area (Å²) in [5.41, 5.74) is 1.94. The van der Waals surface area contributed by atoms with Gasteiger partial charge in [0, 0.05) is 11.6 Å². The van der Waals surface area contributed by atoms with Gasteiger partial charge < -0.3 is 9.73 Å². The first-order valence-corrected chi connectivity index (χ1v) is 6.86. The van der Waals surface area contributed by atoms with E-state index in [2.05, 4.69) is 40.2 Å². The van der Waals surface area contributed by atoms with E-state index in [4.69, 9.17) is 16.0 Å². The molecule has 0 radical (unpaired) electrons. The van der Waals surface area contributed by atoms with Gasteiger partial charge in [-0.3, -0.25) is 4.68 Å². The first-order valence-electron chi connectivity index (χ1n) is 5.69. The fourth-order valence-electron chi connectivity index (χ4n) is 1.98. The minimum absolute atomic E-state index is 0.0597. The lowest BCUT2D eigenvalue weighted by molar-refractivity contribution is 0.480. The molecule has 0 aliphatic heterocycles. The molecule has 18 heavy (non-hydrogen) atoms. The molecule has 0 aromatic carbocycles. The van der Waals surface area contributed by atoms with Crippen LogP contribution in [-0.4, -0.2) is 16.8 Å². The van der Waals surface area contributed by atoms with Gasteiger partial charge in [-0.25, -0.2) is 0 Å². The van der Waals surface area contributed by atoms with Crippen molar-refractivity contribution in [2.24, 2.45) is 0 Å². The van der Waals surface area contributed by atoms with Crippen molar-refractivity contribution in [3.05, 3.63) is 39.5 Å². The van der Waals surface area contributed by atoms with Crippen LogP contribution in [0.5, 0.6) is 0 Å². The van der Waals surface area contributed by atoms with Crippen molar-refractivity contribution in [2.75, 3.05) is 7.05 Å². The van der Waals surface area contributed by atoms with E-state index in [0.29, 0.717) is 5.22 Å². The van der Waals surface area contributed by atoms with E-state index < -0.39 is 0 Å². The molecule has 1 unspecified atom stereocenters. The van der Waals surface area contributed by atoms with Crippen molar-refractivity contribution in [3.8, 4) is 0 Å². The van der Waals surface area contributed by atoms with E-state index in [1.807, 2.05) is 17.8 Å². The van der Waals surface area contributed by atoms with Crippen molar-refractivity contribution in [1.82, 2.24) is 15.1 Å². The monoisotopic (exact) mass is 331 g/mol. The van der Waals surface area contributed by atoms with E-state index in [9.17, 15) is 0 Å². The lowest BCUT2D eigenvalue weighted by Crippen LogP contribution is -2.22. The maximum absolute atomic E-state index is 6.06. The van der Waals surface area contributed by atoms with Crippen LogP contribution in [0.15, 0.2) is 27.4 Å². The van der Waals surface area contributed by atoms with Gasteiger partial charge in [-0.1, -0.05) is 0 Å². The number of nitrogens with zero attached hydrogens (tertiary/aromatic N) is 2. The molecule has 1 N–H and O–H groups in total. The Bertz CT molecular complexity index is 535. The highest BCUT2D eigenvalue weighted by Gasteiger charge is 2.24. The lowest BCUT2D eigenvalue weighted by Gasteiger charge is -2.20. The number of hydrogen-bond donors (Lipinski definition) is 1. The van der Waals surface area contributed by atoms with Crippen LogP contribution in [0.2, 0.25) is 5.22 Å². The van der Waals surface area contributed by atoms with E-state index in [0.717, 1.165) is 15.7 Å². The average Bonchev–Trinajstić information content (AvgIpc) is 2.89. The number of nitrogens with one attached hydrogen (secondary N) is 1. The second-order valence-electron chi connectivity index (χ2n) is 4.29. The summed E-state index contributed by atoms with van der Waals surface area (Å²) >= 11 is 9.60. The smallest absolute Gasteiger partial charge is 0.198 e. The number of aromatic nitrogens is 2. The van der Waals surface area contributed by atoms with Crippen molar-refractivity contribution >= 4 is 27.5 Å². The molecule has 4 nitrogen and oxygen atoms in total. The minimum atomic E-state index is -0.0597. The molecular formula is C12H15BrClN3O. The maximum atomic E-state index is 6.06. The molecule has 2 heterocycles. The zero-order chi connectivity index (χ0) is 13.3. The average molecular weight is 333 g/mol. The molecule has 2 aromatic heterocycles. The van der Waals surface area contributed by atoms with Gasteiger partial charge >= 0.3 is 0 Å². The molecular weight excluding hydrogens is 318 g/mol. The molecule has 0 saturated heterocycles. The van der Waals surface area contributed by atoms with Crippen LogP contribution >= 0.6 is 27.5 Å². The van der Waals surface area contributed by atoms with Crippen molar-refractivity contribution in [1.29, 1.82) is 0 Å². The Morgan fingerprint density at radius 1 is 1.50 bits per heavy atom. The summed E-state index contributed by atoms with van der Waals surface area (Å²) in [6, 6.07) is 2.08. The van der Waals surface area contributed by atoms with Gasteiger partial charge in [-0.05, 0) is 54.5 Å². The van der Waals surface area contributed by atoms with Crippen LogP contribution in [0, 0.1) is 0 Å². The zero-order valence-corrected chi connectivity index (χ0v) is 12.8. The lowest BCUT2D eigenvalue weighted by atomic mass is 10.1. The first kappa shape index (κ1) is 13.6. The number of hydrogen-bond acceptors (Lipinski definition) is 3. The van der Waals surface area contributed by atoms with Gasteiger partial charge in [0.25, 0.3) is 0 Å². The Morgan fingerprint density at radius 2 is 2.22 bits per heavy atom. The molecule has 0 fully saturated rings. The van der Waals surface area contributed by atoms with Gasteiger partial charge in [0.15, 0.2) is 5.22 Å². The van der Waals surface area contributed by atoms with E-state index in [-0.39, 0.29) is 12.1 Å². The van der Waals surface area contributed by atoms with Gasteiger partial charge in [-0.15, -0.1) is 0 Å². The largest absolute Gasteiger partial charge is 0.453 e. The minimum Gasteiger partial charge on any atom is -0.453 e. The van der Waals surface area contributed by atoms with E-state index in [1.54, 1.807) is 12.5 Å². The third-order valence-electron chi connectivity index (χ3n) is 2.80. The Hall–Kier alpha value is -0.780. The SMILES string of the molecule is CNC(c1ccoc1Cl)c1c(Br)cnn1C(C)C. The molecule has 0 spiro atoms. The summed E-state index contributed by atoms with van der Waals surface area (Å²) in [6.45, 7) is 4.18. The first-order chi connectivity index (χ1) is 8.56. The van der Waals surface area contributed by atoms with Crippen LogP contribution in [0.25, 0.3) is 0 Å². The number of furan rings is 1. The van der Waals surface area contributed by atoms with Crippen molar-refractivity contribution in [2.45, 2.75) is 25.9 Å². The third kappa shape index (κ3) is 2.35. The molecule has 2 rings (SSSR count). The normalized spacial score (nSPS) is 13.2. The fraction of sp³-hybridized carbons (Fsp3) is 0.417. The highest BCUT2D eigenvalue weighted by Crippen LogP contribution is 2.34. The predicted molar refractivity (Wildman–Crippen MR) is 74.9 cm³/mol. The van der Waals surface area contributed by atoms with Crippen molar-refractivity contribution in [3.63, 3.8) is 0 Å². The molecule has 0 aliphatic carbocycles. The summed E-state index contributed by atoms with van der Waals surface area (Å²) in [7, 11) is 1.89. The van der Waals surface area contributed by atoms with Crippen molar-refractivity contribution < 1.29 is 4.42 Å².